The Morgan fingerprint density at radius 2 is 1.76 bits per heavy atom. The standard InChI is InChI=1S/C13H15BrN2O/c14-10-6-8-11(9-7-10)15-16-12-4-2-1-3-5-13(12)17/h6-9,15H,1-5H2. The van der Waals surface area contributed by atoms with Gasteiger partial charge in [0.15, 0.2) is 5.78 Å². The number of carbonyl (C=O) groups excluding carboxylic acids is 1. The second-order valence-corrected chi connectivity index (χ2v) is 5.08. The molecule has 1 N–H and O–H groups in total. The number of hydrazone groups is 1. The van der Waals surface area contributed by atoms with Gasteiger partial charge in [-0.25, -0.2) is 0 Å². The first-order chi connectivity index (χ1) is 8.25. The largest absolute Gasteiger partial charge is 0.293 e. The molecule has 2 rings (SSSR count). The molecule has 0 heterocycles. The van der Waals surface area contributed by atoms with Gasteiger partial charge in [0, 0.05) is 10.9 Å². The number of halogens is 1. The average Bonchev–Trinajstić information content (AvgIpc) is 2.54. The van der Waals surface area contributed by atoms with Crippen LogP contribution in [-0.4, -0.2) is 11.5 Å². The molecule has 1 saturated carbocycles. The van der Waals surface area contributed by atoms with Crippen molar-refractivity contribution in [1.29, 1.82) is 0 Å². The van der Waals surface area contributed by atoms with E-state index in [1.54, 1.807) is 0 Å². The minimum Gasteiger partial charge on any atom is -0.293 e. The number of hydrogen-bond donors (Lipinski definition) is 1. The smallest absolute Gasteiger partial charge is 0.178 e. The van der Waals surface area contributed by atoms with Gasteiger partial charge in [-0.3, -0.25) is 10.2 Å². The highest BCUT2D eigenvalue weighted by Crippen LogP contribution is 2.16. The van der Waals surface area contributed by atoms with Gasteiger partial charge in [-0.15, -0.1) is 0 Å². The van der Waals surface area contributed by atoms with E-state index in [4.69, 9.17) is 0 Å². The van der Waals surface area contributed by atoms with Crippen molar-refractivity contribution in [2.45, 2.75) is 32.1 Å². The van der Waals surface area contributed by atoms with Crippen molar-refractivity contribution in [3.05, 3.63) is 28.7 Å². The van der Waals surface area contributed by atoms with Crippen molar-refractivity contribution in [1.82, 2.24) is 0 Å². The molecule has 0 aliphatic heterocycles. The Hall–Kier alpha value is -1.16. The van der Waals surface area contributed by atoms with E-state index in [1.807, 2.05) is 24.3 Å². The van der Waals surface area contributed by atoms with Crippen LogP contribution >= 0.6 is 15.9 Å². The van der Waals surface area contributed by atoms with Crippen LogP contribution < -0.4 is 5.43 Å². The molecule has 17 heavy (non-hydrogen) atoms. The van der Waals surface area contributed by atoms with Crippen LogP contribution in [0, 0.1) is 0 Å². The maximum atomic E-state index is 11.7. The minimum absolute atomic E-state index is 0.187. The van der Waals surface area contributed by atoms with E-state index in [1.165, 1.54) is 0 Å². The summed E-state index contributed by atoms with van der Waals surface area (Å²) < 4.78 is 1.03. The predicted molar refractivity (Wildman–Crippen MR) is 73.3 cm³/mol. The lowest BCUT2D eigenvalue weighted by atomic mass is 10.1. The van der Waals surface area contributed by atoms with Crippen LogP contribution in [0.4, 0.5) is 5.69 Å². The highest BCUT2D eigenvalue weighted by Gasteiger charge is 2.14. The molecular weight excluding hydrogens is 280 g/mol. The van der Waals surface area contributed by atoms with Crippen LogP contribution in [0.15, 0.2) is 33.8 Å². The number of rotatable bonds is 2. The summed E-state index contributed by atoms with van der Waals surface area (Å²) in [5, 5.41) is 4.23. The van der Waals surface area contributed by atoms with E-state index < -0.39 is 0 Å². The fourth-order valence-corrected chi connectivity index (χ4v) is 2.08. The topological polar surface area (TPSA) is 41.5 Å². The van der Waals surface area contributed by atoms with Crippen LogP contribution in [0.3, 0.4) is 0 Å². The molecule has 0 unspecified atom stereocenters. The SMILES string of the molecule is O=C1CCCCCC1=NNc1ccc(Br)cc1. The Bertz CT molecular complexity index is 426. The highest BCUT2D eigenvalue weighted by atomic mass is 79.9. The summed E-state index contributed by atoms with van der Waals surface area (Å²) in [5.74, 6) is 0.187. The van der Waals surface area contributed by atoms with Crippen molar-refractivity contribution in [3.8, 4) is 0 Å². The molecule has 0 bridgehead atoms. The first-order valence-electron chi connectivity index (χ1n) is 5.87. The monoisotopic (exact) mass is 294 g/mol. The number of anilines is 1. The molecule has 0 aromatic heterocycles. The van der Waals surface area contributed by atoms with Crippen LogP contribution in [0.1, 0.15) is 32.1 Å². The zero-order valence-electron chi connectivity index (χ0n) is 9.58. The zero-order valence-corrected chi connectivity index (χ0v) is 11.2. The molecule has 0 spiro atoms. The molecule has 0 saturated heterocycles. The van der Waals surface area contributed by atoms with Crippen LogP contribution in [0.5, 0.6) is 0 Å². The molecule has 0 radical (unpaired) electrons. The van der Waals surface area contributed by atoms with E-state index in [9.17, 15) is 4.79 Å². The maximum absolute atomic E-state index is 11.7. The minimum atomic E-state index is 0.187. The number of ketones is 1. The third kappa shape index (κ3) is 3.66. The van der Waals surface area contributed by atoms with E-state index >= 15 is 0 Å². The molecule has 1 fully saturated rings. The Morgan fingerprint density at radius 3 is 2.53 bits per heavy atom. The first kappa shape index (κ1) is 12.3. The third-order valence-electron chi connectivity index (χ3n) is 2.80. The number of benzene rings is 1. The van der Waals surface area contributed by atoms with Gasteiger partial charge in [0.1, 0.15) is 5.71 Å². The van der Waals surface area contributed by atoms with Crippen LogP contribution in [0.25, 0.3) is 0 Å². The predicted octanol–water partition coefficient (Wildman–Crippen LogP) is 3.75. The lowest BCUT2D eigenvalue weighted by molar-refractivity contribution is -0.113. The van der Waals surface area contributed by atoms with Crippen molar-refractivity contribution in [2.24, 2.45) is 5.10 Å². The average molecular weight is 295 g/mol. The van der Waals surface area contributed by atoms with Crippen molar-refractivity contribution < 1.29 is 4.79 Å². The zero-order chi connectivity index (χ0) is 12.1. The summed E-state index contributed by atoms with van der Waals surface area (Å²) in [5.41, 5.74) is 4.53. The summed E-state index contributed by atoms with van der Waals surface area (Å²) in [6.07, 6.45) is 4.62. The van der Waals surface area contributed by atoms with Crippen LogP contribution in [0.2, 0.25) is 0 Å². The van der Waals surface area contributed by atoms with E-state index in [2.05, 4.69) is 26.5 Å². The summed E-state index contributed by atoms with van der Waals surface area (Å²) >= 11 is 3.38. The lowest BCUT2D eigenvalue weighted by Gasteiger charge is -2.03. The van der Waals surface area contributed by atoms with Gasteiger partial charge in [0.05, 0.1) is 5.69 Å². The number of nitrogens with zero attached hydrogens (tertiary/aromatic N) is 1. The number of nitrogens with one attached hydrogen (secondary N) is 1. The first-order valence-corrected chi connectivity index (χ1v) is 6.66. The molecule has 1 aliphatic carbocycles. The van der Waals surface area contributed by atoms with E-state index in [0.29, 0.717) is 12.1 Å². The molecule has 4 heteroatoms. The molecule has 1 aromatic rings. The Kier molecular flexibility index (Phi) is 4.31. The van der Waals surface area contributed by atoms with Crippen LogP contribution in [-0.2, 0) is 4.79 Å². The van der Waals surface area contributed by atoms with Gasteiger partial charge in [-0.2, -0.15) is 5.10 Å². The molecule has 0 atom stereocenters. The fourth-order valence-electron chi connectivity index (χ4n) is 1.81. The van der Waals surface area contributed by atoms with E-state index in [-0.39, 0.29) is 5.78 Å². The highest BCUT2D eigenvalue weighted by molar-refractivity contribution is 9.10. The van der Waals surface area contributed by atoms with Gasteiger partial charge in [0.2, 0.25) is 0 Å². The van der Waals surface area contributed by atoms with Gasteiger partial charge >= 0.3 is 0 Å². The van der Waals surface area contributed by atoms with Gasteiger partial charge in [-0.05, 0) is 43.5 Å². The van der Waals surface area contributed by atoms with Crippen molar-refractivity contribution >= 4 is 33.1 Å². The quantitative estimate of drug-likeness (QED) is 0.667. The normalized spacial score (nSPS) is 19.1. The number of hydrogen-bond acceptors (Lipinski definition) is 3. The molecule has 1 aliphatic rings. The van der Waals surface area contributed by atoms with Crippen molar-refractivity contribution in [3.63, 3.8) is 0 Å². The van der Waals surface area contributed by atoms with Gasteiger partial charge in [0.25, 0.3) is 0 Å². The summed E-state index contributed by atoms with van der Waals surface area (Å²) in [4.78, 5) is 11.7. The van der Waals surface area contributed by atoms with Gasteiger partial charge < -0.3 is 0 Å². The second-order valence-electron chi connectivity index (χ2n) is 4.16. The van der Waals surface area contributed by atoms with Gasteiger partial charge in [-0.1, -0.05) is 22.4 Å². The molecule has 3 nitrogen and oxygen atoms in total. The summed E-state index contributed by atoms with van der Waals surface area (Å²) in [6, 6.07) is 7.74. The molecular formula is C13H15BrN2O. The Morgan fingerprint density at radius 1 is 1.06 bits per heavy atom. The Labute approximate surface area is 109 Å². The molecule has 1 aromatic carbocycles. The second kappa shape index (κ2) is 5.96. The number of Topliss-reactive ketones (excluding diaryl/α,β-unsaturated/α-hetero) is 1. The van der Waals surface area contributed by atoms with E-state index in [0.717, 1.165) is 35.8 Å². The Balaban J connectivity index is 2.03. The summed E-state index contributed by atoms with van der Waals surface area (Å²) in [7, 11) is 0. The maximum Gasteiger partial charge on any atom is 0.178 e. The molecule has 90 valence electrons. The summed E-state index contributed by atoms with van der Waals surface area (Å²) in [6.45, 7) is 0. The number of carbonyl (C=O) groups is 1. The third-order valence-corrected chi connectivity index (χ3v) is 3.33. The fraction of sp³-hybridized carbons (Fsp3) is 0.385. The van der Waals surface area contributed by atoms with Crippen molar-refractivity contribution in [2.75, 3.05) is 5.43 Å². The lowest BCUT2D eigenvalue weighted by Crippen LogP contribution is -2.13. The molecule has 0 amide bonds.